The number of hydrogen-bond donors (Lipinski definition) is 3. The number of nitrogens with zero attached hydrogens (tertiary/aromatic N) is 2. The zero-order chi connectivity index (χ0) is 23.0. The molecule has 2 aromatic heterocycles. The number of allylic oxidation sites excluding steroid dienone is 1. The molecule has 1 aromatic carbocycles. The monoisotopic (exact) mass is 446 g/mol. The number of benzene rings is 1. The third-order valence-corrected chi connectivity index (χ3v) is 6.51. The normalized spacial score (nSPS) is 12.8. The van der Waals surface area contributed by atoms with Crippen molar-refractivity contribution >= 4 is 33.2 Å². The summed E-state index contributed by atoms with van der Waals surface area (Å²) in [6.45, 7) is 7.71. The number of amides is 1. The third kappa shape index (κ3) is 3.97. The second-order valence-electron chi connectivity index (χ2n) is 7.40. The molecule has 9 heteroatoms. The summed E-state index contributed by atoms with van der Waals surface area (Å²) in [4.78, 5) is 16.0. The number of aromatic nitrogens is 2. The molecule has 1 aliphatic rings. The number of nitrogens with two attached hydrogens (primary N) is 1. The topological polar surface area (TPSA) is 101 Å². The van der Waals surface area contributed by atoms with Gasteiger partial charge in [0.2, 0.25) is 0 Å². The first kappa shape index (κ1) is 22.6. The van der Waals surface area contributed by atoms with Crippen LogP contribution in [-0.4, -0.2) is 27.4 Å². The lowest BCUT2D eigenvalue weighted by molar-refractivity contribution is -0.115. The minimum Gasteiger partial charge on any atom is -0.508 e. The van der Waals surface area contributed by atoms with E-state index in [0.717, 1.165) is 5.56 Å². The van der Waals surface area contributed by atoms with Crippen molar-refractivity contribution in [1.82, 2.24) is 14.7 Å². The van der Waals surface area contributed by atoms with Crippen molar-refractivity contribution in [2.75, 3.05) is 7.05 Å². The van der Waals surface area contributed by atoms with Crippen LogP contribution in [0.5, 0.6) is 5.75 Å². The van der Waals surface area contributed by atoms with Crippen molar-refractivity contribution in [3.05, 3.63) is 57.0 Å². The largest absolute Gasteiger partial charge is 0.508 e. The number of likely N-dealkylation sites (N-methyl/N-ethyl adjacent to an activating group) is 1. The molecule has 0 saturated carbocycles. The average molecular weight is 447 g/mol. The Morgan fingerprint density at radius 1 is 1.23 bits per heavy atom. The number of hydrogen-bond acceptors (Lipinski definition) is 6. The maximum atomic E-state index is 13.4. The Morgan fingerprint density at radius 2 is 1.90 bits per heavy atom. The number of carbonyl (C=O) groups is 1. The van der Waals surface area contributed by atoms with E-state index in [4.69, 9.17) is 5.73 Å². The number of rotatable bonds is 2. The van der Waals surface area contributed by atoms with Gasteiger partial charge in [-0.1, -0.05) is 6.07 Å². The number of nitrogens with one attached hydrogen (secondary N) is 1. The van der Waals surface area contributed by atoms with Crippen LogP contribution in [0.25, 0.3) is 15.8 Å². The molecule has 0 aliphatic heterocycles. The molecule has 1 amide bonds. The molecule has 3 aromatic rings. The third-order valence-electron chi connectivity index (χ3n) is 5.52. The number of pyridine rings is 1. The molecular weight excluding hydrogens is 422 g/mol. The summed E-state index contributed by atoms with van der Waals surface area (Å²) in [6, 6.07) is 3.66. The highest BCUT2D eigenvalue weighted by Gasteiger charge is 2.34. The standard InChI is InChI=1S/C13H12F2N4OS.C9H12O/c1-4-9-11(21-19-4)5-3-6(16)8(13(20)17-2)7(5)10(18-9)12(14)15;1-6-4-5-9(10)8(3)7(6)2/h12H,3,16H2,1-2H3,(H,17,20);4-5,10H,1-3H3. The molecule has 0 saturated heterocycles. The summed E-state index contributed by atoms with van der Waals surface area (Å²) in [7, 11) is 1.44. The van der Waals surface area contributed by atoms with Crippen LogP contribution < -0.4 is 11.1 Å². The van der Waals surface area contributed by atoms with Crippen LogP contribution in [0.15, 0.2) is 17.8 Å². The Hall–Kier alpha value is -3.07. The van der Waals surface area contributed by atoms with Gasteiger partial charge in [-0.25, -0.2) is 13.8 Å². The molecule has 0 atom stereocenters. The Labute approximate surface area is 183 Å². The van der Waals surface area contributed by atoms with Crippen LogP contribution in [0.3, 0.4) is 0 Å². The first-order chi connectivity index (χ1) is 14.6. The van der Waals surface area contributed by atoms with Gasteiger partial charge in [0.25, 0.3) is 12.3 Å². The maximum Gasteiger partial charge on any atom is 0.281 e. The van der Waals surface area contributed by atoms with Crippen LogP contribution in [-0.2, 0) is 11.2 Å². The van der Waals surface area contributed by atoms with Crippen LogP contribution in [0.4, 0.5) is 8.78 Å². The van der Waals surface area contributed by atoms with Crippen LogP contribution in [0.2, 0.25) is 0 Å². The van der Waals surface area contributed by atoms with Gasteiger partial charge < -0.3 is 16.2 Å². The van der Waals surface area contributed by atoms with Gasteiger partial charge in [0.15, 0.2) is 0 Å². The molecule has 0 spiro atoms. The highest BCUT2D eigenvalue weighted by atomic mass is 32.1. The molecule has 0 bridgehead atoms. The molecule has 164 valence electrons. The van der Waals surface area contributed by atoms with Crippen molar-refractivity contribution in [3.8, 4) is 5.75 Å². The lowest BCUT2D eigenvalue weighted by atomic mass is 10.0. The van der Waals surface area contributed by atoms with Gasteiger partial charge in [-0.15, -0.1) is 0 Å². The number of fused-ring (bicyclic) bond motifs is 3. The van der Waals surface area contributed by atoms with Gasteiger partial charge in [-0.3, -0.25) is 4.79 Å². The molecule has 0 radical (unpaired) electrons. The van der Waals surface area contributed by atoms with E-state index in [2.05, 4.69) is 14.7 Å². The van der Waals surface area contributed by atoms with Crippen molar-refractivity contribution in [2.45, 2.75) is 40.5 Å². The van der Waals surface area contributed by atoms with Gasteiger partial charge in [0.05, 0.1) is 16.0 Å². The lowest BCUT2D eigenvalue weighted by Gasteiger charge is -2.11. The van der Waals surface area contributed by atoms with E-state index in [1.807, 2.05) is 26.8 Å². The summed E-state index contributed by atoms with van der Waals surface area (Å²) in [5, 5.41) is 11.7. The minimum atomic E-state index is -2.78. The van der Waals surface area contributed by atoms with Gasteiger partial charge in [-0.2, -0.15) is 4.37 Å². The summed E-state index contributed by atoms with van der Waals surface area (Å²) in [5.74, 6) is -0.0846. The minimum absolute atomic E-state index is 0.100. The van der Waals surface area contributed by atoms with E-state index < -0.39 is 18.0 Å². The number of aryl methyl sites for hydroxylation is 2. The molecule has 31 heavy (non-hydrogen) atoms. The van der Waals surface area contributed by atoms with E-state index in [-0.39, 0.29) is 23.3 Å². The maximum absolute atomic E-state index is 13.4. The van der Waals surface area contributed by atoms with Crippen LogP contribution in [0.1, 0.15) is 45.6 Å². The fraction of sp³-hybridized carbons (Fsp3) is 0.318. The zero-order valence-corrected chi connectivity index (χ0v) is 18.7. The van der Waals surface area contributed by atoms with Crippen molar-refractivity contribution in [3.63, 3.8) is 0 Å². The van der Waals surface area contributed by atoms with E-state index in [9.17, 15) is 18.7 Å². The summed E-state index contributed by atoms with van der Waals surface area (Å²) >= 11 is 1.19. The smallest absolute Gasteiger partial charge is 0.281 e. The molecule has 0 unspecified atom stereocenters. The first-order valence-electron chi connectivity index (χ1n) is 9.62. The molecule has 1 aliphatic carbocycles. The van der Waals surface area contributed by atoms with Crippen molar-refractivity contribution in [1.29, 1.82) is 0 Å². The Kier molecular flexibility index (Phi) is 6.26. The summed E-state index contributed by atoms with van der Waals surface area (Å²) in [5.41, 5.74) is 11.1. The van der Waals surface area contributed by atoms with Gasteiger partial charge in [0.1, 0.15) is 17.0 Å². The van der Waals surface area contributed by atoms with Gasteiger partial charge in [-0.05, 0) is 67.5 Å². The predicted octanol–water partition coefficient (Wildman–Crippen LogP) is 4.23. The second kappa shape index (κ2) is 8.58. The number of phenols is 1. The quantitative estimate of drug-likeness (QED) is 0.547. The summed E-state index contributed by atoms with van der Waals surface area (Å²) < 4.78 is 31.6. The first-order valence-corrected chi connectivity index (χ1v) is 10.4. The molecular formula is C22H24F2N4O2S. The lowest BCUT2D eigenvalue weighted by Crippen LogP contribution is -2.21. The molecule has 6 nitrogen and oxygen atoms in total. The number of carbonyl (C=O) groups excluding carboxylic acids is 1. The van der Waals surface area contributed by atoms with E-state index in [1.165, 1.54) is 29.7 Å². The Morgan fingerprint density at radius 3 is 2.48 bits per heavy atom. The number of halogens is 2. The van der Waals surface area contributed by atoms with Crippen molar-refractivity contribution < 1.29 is 18.7 Å². The zero-order valence-electron chi connectivity index (χ0n) is 17.9. The Balaban J connectivity index is 0.000000229. The number of aromatic hydroxyl groups is 1. The molecule has 0 fully saturated rings. The number of phenolic OH excluding ortho intramolecular Hbond substituents is 1. The molecule has 2 heterocycles. The predicted molar refractivity (Wildman–Crippen MR) is 118 cm³/mol. The van der Waals surface area contributed by atoms with Gasteiger partial charge >= 0.3 is 0 Å². The highest BCUT2D eigenvalue weighted by molar-refractivity contribution is 7.13. The van der Waals surface area contributed by atoms with E-state index in [0.29, 0.717) is 27.2 Å². The van der Waals surface area contributed by atoms with Crippen molar-refractivity contribution in [2.24, 2.45) is 5.73 Å². The van der Waals surface area contributed by atoms with Gasteiger partial charge in [0, 0.05) is 24.7 Å². The number of alkyl halides is 2. The highest BCUT2D eigenvalue weighted by Crippen LogP contribution is 2.42. The second-order valence-corrected chi connectivity index (χ2v) is 8.18. The molecule has 4 rings (SSSR count). The molecule has 4 N–H and O–H groups in total. The SMILES string of the molecule is CNC(=O)C1=C(N)Cc2c1c(C(F)F)nc1c(C)nsc21.Cc1ccc(O)c(C)c1C. The van der Waals surface area contributed by atoms with Crippen LogP contribution in [0, 0.1) is 27.7 Å². The fourth-order valence-electron chi connectivity index (χ4n) is 3.51. The Bertz CT molecular complexity index is 1190. The van der Waals surface area contributed by atoms with E-state index in [1.54, 1.807) is 13.0 Å². The van der Waals surface area contributed by atoms with Crippen LogP contribution >= 0.6 is 11.5 Å². The summed E-state index contributed by atoms with van der Waals surface area (Å²) in [6.07, 6.45) is -2.52. The average Bonchev–Trinajstić information content (AvgIpc) is 3.28. The fourth-order valence-corrected chi connectivity index (χ4v) is 4.39. The van der Waals surface area contributed by atoms with E-state index >= 15 is 0 Å².